The van der Waals surface area contributed by atoms with E-state index in [4.69, 9.17) is 0 Å². The lowest BCUT2D eigenvalue weighted by atomic mass is 10.0. The molecule has 1 fully saturated rings. The second-order valence-corrected chi connectivity index (χ2v) is 6.82. The summed E-state index contributed by atoms with van der Waals surface area (Å²) < 4.78 is 22.0. The van der Waals surface area contributed by atoms with Gasteiger partial charge in [-0.2, -0.15) is 0 Å². The predicted molar refractivity (Wildman–Crippen MR) is 59.2 cm³/mol. The zero-order chi connectivity index (χ0) is 10.7. The van der Waals surface area contributed by atoms with Gasteiger partial charge in [-0.05, 0) is 37.6 Å². The Kier molecular flexibility index (Phi) is 3.95. The molecule has 0 saturated heterocycles. The molecule has 1 rings (SSSR count). The quantitative estimate of drug-likeness (QED) is 0.654. The van der Waals surface area contributed by atoms with E-state index in [1.54, 1.807) is 0 Å². The maximum atomic E-state index is 11.0. The van der Waals surface area contributed by atoms with Gasteiger partial charge in [0.1, 0.15) is 9.84 Å². The van der Waals surface area contributed by atoms with Gasteiger partial charge in [-0.1, -0.05) is 6.92 Å². The van der Waals surface area contributed by atoms with E-state index in [2.05, 4.69) is 12.2 Å². The van der Waals surface area contributed by atoms with Crippen LogP contribution < -0.4 is 5.32 Å². The summed E-state index contributed by atoms with van der Waals surface area (Å²) in [6.45, 7) is 4.18. The Hall–Kier alpha value is -0.0900. The largest absolute Gasteiger partial charge is 0.316 e. The summed E-state index contributed by atoms with van der Waals surface area (Å²) in [5, 5.41) is 3.38. The Labute approximate surface area is 87.2 Å². The average molecular weight is 219 g/mol. The third kappa shape index (κ3) is 4.42. The molecule has 0 aromatic carbocycles. The second-order valence-electron chi connectivity index (χ2n) is 4.56. The number of sulfone groups is 1. The van der Waals surface area contributed by atoms with Gasteiger partial charge in [-0.25, -0.2) is 8.42 Å². The summed E-state index contributed by atoms with van der Waals surface area (Å²) in [6.07, 6.45) is 5.69. The lowest BCUT2D eigenvalue weighted by molar-refractivity contribution is 0.443. The normalized spacial score (nSPS) is 19.6. The Balaban J connectivity index is 2.22. The molecule has 0 aromatic rings. The van der Waals surface area contributed by atoms with E-state index in [0.29, 0.717) is 11.2 Å². The summed E-state index contributed by atoms with van der Waals surface area (Å²) in [6, 6.07) is 0. The molecule has 0 aliphatic heterocycles. The van der Waals surface area contributed by atoms with Gasteiger partial charge in [0.2, 0.25) is 0 Å². The predicted octanol–water partition coefficient (Wildman–Crippen LogP) is 1.20. The summed E-state index contributed by atoms with van der Waals surface area (Å²) in [7, 11) is -2.78. The second kappa shape index (κ2) is 4.62. The van der Waals surface area contributed by atoms with Crippen molar-refractivity contribution in [1.82, 2.24) is 5.32 Å². The van der Waals surface area contributed by atoms with Crippen LogP contribution in [0.25, 0.3) is 0 Å². The Morgan fingerprint density at radius 2 is 2.00 bits per heavy atom. The first kappa shape index (κ1) is 12.0. The molecule has 0 unspecified atom stereocenters. The fourth-order valence-electron chi connectivity index (χ4n) is 1.62. The van der Waals surface area contributed by atoms with Crippen LogP contribution in [0.15, 0.2) is 0 Å². The van der Waals surface area contributed by atoms with Crippen LogP contribution in [0.2, 0.25) is 0 Å². The number of rotatable bonds is 7. The molecule has 84 valence electrons. The van der Waals surface area contributed by atoms with Gasteiger partial charge in [0.15, 0.2) is 0 Å². The van der Waals surface area contributed by atoms with Crippen LogP contribution in [0.3, 0.4) is 0 Å². The molecular formula is C10H21NO2S. The molecule has 0 radical (unpaired) electrons. The third-order valence-corrected chi connectivity index (χ3v) is 3.83. The van der Waals surface area contributed by atoms with Crippen molar-refractivity contribution in [3.05, 3.63) is 0 Å². The highest BCUT2D eigenvalue weighted by molar-refractivity contribution is 7.90. The van der Waals surface area contributed by atoms with Gasteiger partial charge in [-0.3, -0.25) is 0 Å². The topological polar surface area (TPSA) is 46.2 Å². The first-order valence-corrected chi connectivity index (χ1v) is 7.42. The highest BCUT2D eigenvalue weighted by atomic mass is 32.2. The first-order valence-electron chi connectivity index (χ1n) is 5.36. The van der Waals surface area contributed by atoms with E-state index in [1.807, 2.05) is 0 Å². The van der Waals surface area contributed by atoms with E-state index >= 15 is 0 Å². The highest BCUT2D eigenvalue weighted by Gasteiger charge is 2.41. The molecule has 0 amide bonds. The SMILES string of the molecule is CCCNCC1(CCS(C)(=O)=O)CC1. The van der Waals surface area contributed by atoms with Gasteiger partial charge in [0.25, 0.3) is 0 Å². The standard InChI is InChI=1S/C10H21NO2S/c1-3-7-11-9-10(4-5-10)6-8-14(2,12)13/h11H,3-9H2,1-2H3. The minimum atomic E-state index is -2.78. The van der Waals surface area contributed by atoms with Crippen LogP contribution >= 0.6 is 0 Å². The third-order valence-electron chi connectivity index (χ3n) is 2.89. The number of nitrogens with one attached hydrogen (secondary N) is 1. The van der Waals surface area contributed by atoms with Gasteiger partial charge in [-0.15, -0.1) is 0 Å². The molecule has 1 aliphatic rings. The Bertz CT molecular complexity index is 268. The zero-order valence-corrected chi connectivity index (χ0v) is 9.99. The maximum Gasteiger partial charge on any atom is 0.147 e. The van der Waals surface area contributed by atoms with Crippen molar-refractivity contribution in [2.45, 2.75) is 32.6 Å². The van der Waals surface area contributed by atoms with Crippen molar-refractivity contribution in [2.75, 3.05) is 25.1 Å². The van der Waals surface area contributed by atoms with Crippen LogP contribution in [0.5, 0.6) is 0 Å². The average Bonchev–Trinajstić information content (AvgIpc) is 2.82. The van der Waals surface area contributed by atoms with Crippen LogP contribution in [0.4, 0.5) is 0 Å². The molecule has 1 aliphatic carbocycles. The zero-order valence-electron chi connectivity index (χ0n) is 9.17. The van der Waals surface area contributed by atoms with Gasteiger partial charge >= 0.3 is 0 Å². The minimum absolute atomic E-state index is 0.318. The summed E-state index contributed by atoms with van der Waals surface area (Å²) in [5.41, 5.74) is 0.318. The molecule has 0 bridgehead atoms. The van der Waals surface area contributed by atoms with Crippen LogP contribution in [-0.4, -0.2) is 33.5 Å². The van der Waals surface area contributed by atoms with Crippen molar-refractivity contribution >= 4 is 9.84 Å². The molecule has 1 N–H and O–H groups in total. The molecule has 0 atom stereocenters. The molecule has 4 heteroatoms. The van der Waals surface area contributed by atoms with Crippen molar-refractivity contribution in [2.24, 2.45) is 5.41 Å². The lowest BCUT2D eigenvalue weighted by Crippen LogP contribution is -2.26. The summed E-state index contributed by atoms with van der Waals surface area (Å²) >= 11 is 0. The Morgan fingerprint density at radius 1 is 1.36 bits per heavy atom. The number of hydrogen-bond donors (Lipinski definition) is 1. The first-order chi connectivity index (χ1) is 6.47. The molecule has 0 heterocycles. The van der Waals surface area contributed by atoms with Gasteiger partial charge in [0.05, 0.1) is 5.75 Å². The highest BCUT2D eigenvalue weighted by Crippen LogP contribution is 2.48. The molecule has 0 spiro atoms. The fraction of sp³-hybridized carbons (Fsp3) is 1.00. The lowest BCUT2D eigenvalue weighted by Gasteiger charge is -2.14. The fourth-order valence-corrected chi connectivity index (χ4v) is 2.43. The summed E-state index contributed by atoms with van der Waals surface area (Å²) in [5.74, 6) is 0.348. The molecule has 0 aromatic heterocycles. The van der Waals surface area contributed by atoms with E-state index in [9.17, 15) is 8.42 Å². The van der Waals surface area contributed by atoms with E-state index in [-0.39, 0.29) is 0 Å². The van der Waals surface area contributed by atoms with E-state index in [1.165, 1.54) is 19.1 Å². The van der Waals surface area contributed by atoms with Crippen LogP contribution in [0, 0.1) is 5.41 Å². The van der Waals surface area contributed by atoms with Gasteiger partial charge < -0.3 is 5.32 Å². The van der Waals surface area contributed by atoms with Crippen molar-refractivity contribution in [3.63, 3.8) is 0 Å². The smallest absolute Gasteiger partial charge is 0.147 e. The molecular weight excluding hydrogens is 198 g/mol. The molecule has 3 nitrogen and oxygen atoms in total. The van der Waals surface area contributed by atoms with Crippen molar-refractivity contribution in [3.8, 4) is 0 Å². The van der Waals surface area contributed by atoms with Crippen molar-refractivity contribution < 1.29 is 8.42 Å². The van der Waals surface area contributed by atoms with Gasteiger partial charge in [0, 0.05) is 12.8 Å². The maximum absolute atomic E-state index is 11.0. The van der Waals surface area contributed by atoms with Crippen LogP contribution in [0.1, 0.15) is 32.6 Å². The summed E-state index contributed by atoms with van der Waals surface area (Å²) in [4.78, 5) is 0. The van der Waals surface area contributed by atoms with Crippen molar-refractivity contribution in [1.29, 1.82) is 0 Å². The monoisotopic (exact) mass is 219 g/mol. The van der Waals surface area contributed by atoms with E-state index < -0.39 is 9.84 Å². The Morgan fingerprint density at radius 3 is 2.43 bits per heavy atom. The number of hydrogen-bond acceptors (Lipinski definition) is 3. The molecule has 14 heavy (non-hydrogen) atoms. The molecule has 1 saturated carbocycles. The van der Waals surface area contributed by atoms with Crippen LogP contribution in [-0.2, 0) is 9.84 Å². The minimum Gasteiger partial charge on any atom is -0.316 e. The van der Waals surface area contributed by atoms with E-state index in [0.717, 1.165) is 25.9 Å².